The number of amides is 1. The molecule has 1 amide bonds. The Kier molecular flexibility index (Phi) is 3.29. The topological polar surface area (TPSA) is 81.3 Å². The lowest BCUT2D eigenvalue weighted by atomic mass is 10.3. The Morgan fingerprint density at radius 3 is 2.95 bits per heavy atom. The van der Waals surface area contributed by atoms with Crippen molar-refractivity contribution in [2.45, 2.75) is 11.8 Å². The smallest absolute Gasteiger partial charge is 0.409 e. The lowest BCUT2D eigenvalue weighted by Crippen LogP contribution is -2.42. The van der Waals surface area contributed by atoms with Crippen molar-refractivity contribution in [2.75, 3.05) is 31.2 Å². The van der Waals surface area contributed by atoms with E-state index in [1.54, 1.807) is 4.90 Å². The lowest BCUT2D eigenvalue weighted by molar-refractivity contribution is 0.111. The molecule has 7 heteroatoms. The number of rotatable bonds is 1. The highest BCUT2D eigenvalue weighted by molar-refractivity contribution is 8.36. The Labute approximate surface area is 119 Å². The second-order valence-corrected chi connectivity index (χ2v) is 8.23. The van der Waals surface area contributed by atoms with Crippen molar-refractivity contribution in [2.24, 2.45) is 5.73 Å². The van der Waals surface area contributed by atoms with E-state index in [0.717, 1.165) is 22.9 Å². The third kappa shape index (κ3) is 2.02. The second-order valence-electron chi connectivity index (χ2n) is 4.85. The van der Waals surface area contributed by atoms with Crippen LogP contribution in [0.2, 0.25) is 0 Å². The highest BCUT2D eigenvalue weighted by Crippen LogP contribution is 2.63. The predicted molar refractivity (Wildman–Crippen MR) is 78.4 cm³/mol. The van der Waals surface area contributed by atoms with Gasteiger partial charge < -0.3 is 15.4 Å². The van der Waals surface area contributed by atoms with Crippen LogP contribution in [-0.4, -0.2) is 52.2 Å². The van der Waals surface area contributed by atoms with Gasteiger partial charge in [0.1, 0.15) is 12.0 Å². The Morgan fingerprint density at radius 1 is 1.50 bits per heavy atom. The molecule has 1 saturated heterocycles. The summed E-state index contributed by atoms with van der Waals surface area (Å²) in [5.41, 5.74) is 7.71. The normalized spacial score (nSPS) is 21.2. The molecular weight excluding hydrogens is 276 g/mol. The molecule has 1 fully saturated rings. The molecule has 108 valence electrons. The van der Waals surface area contributed by atoms with Crippen molar-refractivity contribution < 1.29 is 9.53 Å². The van der Waals surface area contributed by atoms with Gasteiger partial charge >= 0.3 is 6.09 Å². The third-order valence-corrected chi connectivity index (χ3v) is 7.42. The van der Waals surface area contributed by atoms with Crippen LogP contribution in [-0.2, 0) is 4.74 Å². The van der Waals surface area contributed by atoms with Crippen molar-refractivity contribution in [3.63, 3.8) is 0 Å². The van der Waals surface area contributed by atoms with Crippen LogP contribution in [0.3, 0.4) is 0 Å². The average Bonchev–Trinajstić information content (AvgIpc) is 2.74. The molecule has 2 aliphatic heterocycles. The van der Waals surface area contributed by atoms with Gasteiger partial charge in [-0.3, -0.25) is 0 Å². The first-order chi connectivity index (χ1) is 9.66. The maximum absolute atomic E-state index is 11.8. The first-order valence-electron chi connectivity index (χ1n) is 6.64. The minimum Gasteiger partial charge on any atom is -0.450 e. The number of ether oxygens (including phenoxy) is 1. The zero-order valence-electron chi connectivity index (χ0n) is 11.4. The average molecular weight is 294 g/mol. The molecule has 0 unspecified atom stereocenters. The monoisotopic (exact) mass is 294 g/mol. The minimum absolute atomic E-state index is 0.221. The minimum atomic E-state index is -1.11. The quantitative estimate of drug-likeness (QED) is 0.846. The fourth-order valence-electron chi connectivity index (χ4n) is 2.69. The van der Waals surface area contributed by atoms with Gasteiger partial charge in [0.2, 0.25) is 0 Å². The highest BCUT2D eigenvalue weighted by Gasteiger charge is 2.38. The molecule has 3 heterocycles. The van der Waals surface area contributed by atoms with Crippen molar-refractivity contribution in [3.8, 4) is 0 Å². The molecule has 1 aromatic heterocycles. The molecule has 0 atom stereocenters. The van der Waals surface area contributed by atoms with Crippen LogP contribution < -0.4 is 5.73 Å². The van der Waals surface area contributed by atoms with E-state index >= 15 is 0 Å². The number of nitrogens with zero attached hydrogens (tertiary/aromatic N) is 3. The molecule has 0 radical (unpaired) electrons. The molecule has 2 N–H and O–H groups in total. The molecular formula is C13H18N4O2S. The Morgan fingerprint density at radius 2 is 2.25 bits per heavy atom. The van der Waals surface area contributed by atoms with E-state index in [0.29, 0.717) is 19.7 Å². The lowest BCUT2D eigenvalue weighted by Gasteiger charge is -2.42. The molecule has 0 aliphatic carbocycles. The molecule has 1 aromatic rings. The summed E-state index contributed by atoms with van der Waals surface area (Å²) in [5.74, 6) is 1.82. The van der Waals surface area contributed by atoms with Gasteiger partial charge in [-0.05, 0) is 12.3 Å². The third-order valence-electron chi connectivity index (χ3n) is 3.72. The van der Waals surface area contributed by atoms with E-state index in [-0.39, 0.29) is 6.09 Å². The van der Waals surface area contributed by atoms with Crippen molar-refractivity contribution in [3.05, 3.63) is 23.6 Å². The molecule has 0 bridgehead atoms. The number of hydrogen-bond donors (Lipinski definition) is 1. The van der Waals surface area contributed by atoms with Crippen LogP contribution >= 0.6 is 10.0 Å². The van der Waals surface area contributed by atoms with E-state index < -0.39 is 10.0 Å². The summed E-state index contributed by atoms with van der Waals surface area (Å²) < 4.78 is 5.05. The summed E-state index contributed by atoms with van der Waals surface area (Å²) in [6.45, 7) is 3.64. The maximum Gasteiger partial charge on any atom is 0.409 e. The number of nitrogens with two attached hydrogens (primary N) is 1. The van der Waals surface area contributed by atoms with Gasteiger partial charge in [0.05, 0.1) is 12.3 Å². The van der Waals surface area contributed by atoms with Crippen molar-refractivity contribution in [1.82, 2.24) is 14.9 Å². The van der Waals surface area contributed by atoms with Gasteiger partial charge in [0.25, 0.3) is 0 Å². The number of fused-ring (bicyclic) bond motifs is 2. The summed E-state index contributed by atoms with van der Waals surface area (Å²) in [5, 5.41) is 2.16. The van der Waals surface area contributed by atoms with Gasteiger partial charge in [-0.1, -0.05) is 0 Å². The molecule has 0 saturated carbocycles. The molecule has 3 rings (SSSR count). The van der Waals surface area contributed by atoms with Gasteiger partial charge in [-0.2, -0.15) is 10.0 Å². The summed E-state index contributed by atoms with van der Waals surface area (Å²) >= 11 is 0. The SMILES string of the molecule is CCOC(=O)N1CCS2(C=C(N)c3ncncc32)CC1. The number of aromatic nitrogens is 2. The number of carbonyl (C=O) groups excluding carboxylic acids is 1. The van der Waals surface area contributed by atoms with Crippen LogP contribution in [0.1, 0.15) is 12.6 Å². The van der Waals surface area contributed by atoms with E-state index in [9.17, 15) is 4.79 Å². The van der Waals surface area contributed by atoms with Crippen LogP contribution in [0.5, 0.6) is 0 Å². The molecule has 0 aromatic carbocycles. The largest absolute Gasteiger partial charge is 0.450 e. The number of hydrogen-bond acceptors (Lipinski definition) is 5. The van der Waals surface area contributed by atoms with Crippen LogP contribution in [0.4, 0.5) is 4.79 Å². The van der Waals surface area contributed by atoms with Gasteiger partial charge in [-0.15, -0.1) is 0 Å². The number of carbonyl (C=O) groups is 1. The standard InChI is InChI=1S/C13H18N4O2S/c1-2-19-13(18)17-3-5-20(6-4-17)8-10(14)12-11(20)7-15-9-16-12/h7-9H,2-6,14H2,1H3. The molecule has 20 heavy (non-hydrogen) atoms. The fraction of sp³-hybridized carbons (Fsp3) is 0.462. The van der Waals surface area contributed by atoms with Crippen LogP contribution in [0.15, 0.2) is 22.8 Å². The molecule has 2 aliphatic rings. The first kappa shape index (κ1) is 13.2. The van der Waals surface area contributed by atoms with E-state index in [4.69, 9.17) is 10.5 Å². The summed E-state index contributed by atoms with van der Waals surface area (Å²) in [6.07, 6.45) is 3.20. The van der Waals surface area contributed by atoms with E-state index in [1.165, 1.54) is 11.2 Å². The van der Waals surface area contributed by atoms with Gasteiger partial charge in [0.15, 0.2) is 0 Å². The Hall–Kier alpha value is -1.76. The zero-order chi connectivity index (χ0) is 14.2. The zero-order valence-corrected chi connectivity index (χ0v) is 12.2. The molecule has 1 spiro atoms. The Balaban J connectivity index is 1.80. The second kappa shape index (κ2) is 4.97. The Bertz CT molecular complexity index is 567. The summed E-state index contributed by atoms with van der Waals surface area (Å²) in [7, 11) is -1.11. The molecule has 6 nitrogen and oxygen atoms in total. The van der Waals surface area contributed by atoms with Gasteiger partial charge in [0, 0.05) is 35.7 Å². The fourth-order valence-corrected chi connectivity index (χ4v) is 6.21. The van der Waals surface area contributed by atoms with Crippen LogP contribution in [0.25, 0.3) is 5.70 Å². The summed E-state index contributed by atoms with van der Waals surface area (Å²) in [4.78, 5) is 23.1. The van der Waals surface area contributed by atoms with Gasteiger partial charge in [-0.25, -0.2) is 14.8 Å². The first-order valence-corrected chi connectivity index (χ1v) is 8.68. The van der Waals surface area contributed by atoms with Crippen LogP contribution in [0, 0.1) is 0 Å². The predicted octanol–water partition coefficient (Wildman–Crippen LogP) is 1.38. The van der Waals surface area contributed by atoms with Crippen molar-refractivity contribution >= 4 is 21.8 Å². The maximum atomic E-state index is 11.8. The highest BCUT2D eigenvalue weighted by atomic mass is 32.3. The summed E-state index contributed by atoms with van der Waals surface area (Å²) in [6, 6.07) is 0. The van der Waals surface area contributed by atoms with E-state index in [2.05, 4.69) is 15.4 Å². The van der Waals surface area contributed by atoms with Crippen molar-refractivity contribution in [1.29, 1.82) is 0 Å². The van der Waals surface area contributed by atoms with E-state index in [1.807, 2.05) is 13.1 Å².